The van der Waals surface area contributed by atoms with Crippen LogP contribution in [-0.4, -0.2) is 0 Å². The summed E-state index contributed by atoms with van der Waals surface area (Å²) in [5, 5.41) is 0. The van der Waals surface area contributed by atoms with Gasteiger partial charge in [-0.15, -0.1) is 24.8 Å². The van der Waals surface area contributed by atoms with Gasteiger partial charge in [-0.25, -0.2) is 0 Å². The molecule has 0 bridgehead atoms. The molecule has 0 aromatic carbocycles. The van der Waals surface area contributed by atoms with Gasteiger partial charge in [0.05, 0.1) is 0 Å². The summed E-state index contributed by atoms with van der Waals surface area (Å²) < 4.78 is 1.59. The van der Waals surface area contributed by atoms with Crippen molar-refractivity contribution in [2.24, 2.45) is 11.3 Å². The third-order valence-corrected chi connectivity index (χ3v) is 3.57. The monoisotopic (exact) mass is 297 g/mol. The summed E-state index contributed by atoms with van der Waals surface area (Å²) in [4.78, 5) is 0. The van der Waals surface area contributed by atoms with E-state index >= 15 is 0 Å². The largest absolute Gasteiger partial charge is 0.147 e. The fourth-order valence-electron chi connectivity index (χ4n) is 1.17. The first-order valence-electron chi connectivity index (χ1n) is 4.07. The molecule has 0 heterocycles. The van der Waals surface area contributed by atoms with Crippen LogP contribution in [0.25, 0.3) is 0 Å². The van der Waals surface area contributed by atoms with E-state index in [0.717, 1.165) is 0 Å². The summed E-state index contributed by atoms with van der Waals surface area (Å²) >= 11 is 1.57. The van der Waals surface area contributed by atoms with Gasteiger partial charge in [0.1, 0.15) is 0 Å². The molecule has 3 heteroatoms. The summed E-state index contributed by atoms with van der Waals surface area (Å²) in [5.74, 6) is 0.697. The smallest absolute Gasteiger partial charge is 0.147 e. The van der Waals surface area contributed by atoms with Crippen molar-refractivity contribution < 1.29 is 24.7 Å². The molecule has 0 amide bonds. The Morgan fingerprint density at radius 1 is 1.23 bits per heavy atom. The van der Waals surface area contributed by atoms with Crippen LogP contribution in [0.2, 0.25) is 0 Å². The Hall–Kier alpha value is 0.943. The molecule has 75 valence electrons. The average molecular weight is 299 g/mol. The van der Waals surface area contributed by atoms with Crippen LogP contribution in [0.3, 0.4) is 0 Å². The zero-order chi connectivity index (χ0) is 8.65. The van der Waals surface area contributed by atoms with Gasteiger partial charge in [0.15, 0.2) is 0 Å². The second kappa shape index (κ2) is 5.73. The van der Waals surface area contributed by atoms with Gasteiger partial charge >= 0.3 is 84.8 Å². The van der Waals surface area contributed by atoms with Crippen molar-refractivity contribution in [1.82, 2.24) is 0 Å². The summed E-state index contributed by atoms with van der Waals surface area (Å²) in [6.07, 6.45) is 4.76. The van der Waals surface area contributed by atoms with Gasteiger partial charge in [-0.3, -0.25) is 0 Å². The molecule has 0 aromatic rings. The normalized spacial score (nSPS) is 21.0. The third-order valence-electron chi connectivity index (χ3n) is 2.10. The van der Waals surface area contributed by atoms with E-state index in [1.807, 2.05) is 0 Å². The SMILES string of the molecule is CC1C=C(C(C)(C)C)C=[C]1[Zr].Cl.Cl. The molecule has 1 aliphatic carbocycles. The zero-order valence-electron chi connectivity index (χ0n) is 8.55. The predicted octanol–water partition coefficient (Wildman–Crippen LogP) is 3.88. The number of hydrogen-bond acceptors (Lipinski definition) is 0. The van der Waals surface area contributed by atoms with Crippen molar-refractivity contribution in [2.75, 3.05) is 0 Å². The number of rotatable bonds is 0. The van der Waals surface area contributed by atoms with Crippen molar-refractivity contribution in [3.8, 4) is 0 Å². The Kier molecular flexibility index (Phi) is 7.22. The van der Waals surface area contributed by atoms with Crippen LogP contribution in [-0.2, 0) is 24.7 Å². The zero-order valence-corrected chi connectivity index (χ0v) is 12.6. The van der Waals surface area contributed by atoms with E-state index < -0.39 is 0 Å². The van der Waals surface area contributed by atoms with Crippen LogP contribution >= 0.6 is 24.8 Å². The van der Waals surface area contributed by atoms with E-state index in [-0.39, 0.29) is 24.8 Å². The van der Waals surface area contributed by atoms with Gasteiger partial charge in [0.2, 0.25) is 0 Å². The molecule has 13 heavy (non-hydrogen) atoms. The second-order valence-corrected chi connectivity index (χ2v) is 5.68. The fraction of sp³-hybridized carbons (Fsp3) is 0.600. The molecule has 0 saturated carbocycles. The molecule has 0 fully saturated rings. The van der Waals surface area contributed by atoms with Gasteiger partial charge < -0.3 is 0 Å². The Balaban J connectivity index is 0. The molecular weight excluding hydrogens is 282 g/mol. The molecule has 0 aromatic heterocycles. The Labute approximate surface area is 109 Å². The van der Waals surface area contributed by atoms with Crippen LogP contribution in [0.5, 0.6) is 0 Å². The van der Waals surface area contributed by atoms with Gasteiger partial charge in [-0.2, -0.15) is 0 Å². The first kappa shape index (κ1) is 16.4. The summed E-state index contributed by atoms with van der Waals surface area (Å²) in [6, 6.07) is 0. The van der Waals surface area contributed by atoms with Crippen molar-refractivity contribution >= 4 is 24.8 Å². The van der Waals surface area contributed by atoms with Gasteiger partial charge in [-0.05, 0) is 0 Å². The minimum absolute atomic E-state index is 0. The quantitative estimate of drug-likeness (QED) is 0.637. The maximum atomic E-state index is 2.39. The average Bonchev–Trinajstić information content (AvgIpc) is 2.11. The van der Waals surface area contributed by atoms with Gasteiger partial charge in [0.25, 0.3) is 0 Å². The summed E-state index contributed by atoms with van der Waals surface area (Å²) in [6.45, 7) is 9.10. The second-order valence-electron chi connectivity index (χ2n) is 4.26. The number of halogens is 2. The summed E-state index contributed by atoms with van der Waals surface area (Å²) in [5.41, 5.74) is 1.85. The van der Waals surface area contributed by atoms with Crippen LogP contribution in [0.1, 0.15) is 27.7 Å². The molecule has 0 saturated heterocycles. The van der Waals surface area contributed by atoms with Crippen LogP contribution in [0, 0.1) is 11.3 Å². The Bertz CT molecular complexity index is 224. The molecule has 0 aliphatic heterocycles. The van der Waals surface area contributed by atoms with Crippen LogP contribution in [0.15, 0.2) is 21.0 Å². The van der Waals surface area contributed by atoms with Crippen molar-refractivity contribution in [2.45, 2.75) is 27.7 Å². The molecular formula is C10H17Cl2Zr. The fourth-order valence-corrected chi connectivity index (χ4v) is 1.76. The van der Waals surface area contributed by atoms with Gasteiger partial charge in [-0.1, -0.05) is 0 Å². The van der Waals surface area contributed by atoms with Gasteiger partial charge in [0, 0.05) is 0 Å². The maximum absolute atomic E-state index is 2.39. The molecule has 0 N–H and O–H groups in total. The molecule has 0 radical (unpaired) electrons. The van der Waals surface area contributed by atoms with Crippen LogP contribution < -0.4 is 0 Å². The number of hydrogen-bond donors (Lipinski definition) is 0. The van der Waals surface area contributed by atoms with Crippen molar-refractivity contribution in [1.29, 1.82) is 0 Å². The van der Waals surface area contributed by atoms with E-state index in [0.29, 0.717) is 11.3 Å². The van der Waals surface area contributed by atoms with E-state index in [2.05, 4.69) is 39.8 Å². The predicted molar refractivity (Wildman–Crippen MR) is 59.3 cm³/mol. The first-order chi connectivity index (χ1) is 4.91. The standard InChI is InChI=1S/C10H15.2ClH.Zr/c1-8-5-6-9(7-8)10(2,3)4;;;/h6-8H,1-4H3;2*1H;. The molecule has 0 spiro atoms. The Morgan fingerprint density at radius 3 is 1.85 bits per heavy atom. The minimum Gasteiger partial charge on any atom is -0.147 e. The summed E-state index contributed by atoms with van der Waals surface area (Å²) in [7, 11) is 0. The van der Waals surface area contributed by atoms with Crippen molar-refractivity contribution in [3.63, 3.8) is 0 Å². The van der Waals surface area contributed by atoms with E-state index in [4.69, 9.17) is 0 Å². The Morgan fingerprint density at radius 2 is 1.69 bits per heavy atom. The molecule has 1 unspecified atom stereocenters. The molecule has 1 atom stereocenters. The molecule has 0 nitrogen and oxygen atoms in total. The van der Waals surface area contributed by atoms with E-state index in [1.54, 1.807) is 28.0 Å². The minimum atomic E-state index is 0. The van der Waals surface area contributed by atoms with Crippen molar-refractivity contribution in [3.05, 3.63) is 21.0 Å². The van der Waals surface area contributed by atoms with E-state index in [1.165, 1.54) is 5.57 Å². The molecule has 1 rings (SSSR count). The van der Waals surface area contributed by atoms with E-state index in [9.17, 15) is 0 Å². The third kappa shape index (κ3) is 4.32. The topological polar surface area (TPSA) is 0 Å². The van der Waals surface area contributed by atoms with Crippen LogP contribution in [0.4, 0.5) is 0 Å². The maximum Gasteiger partial charge on any atom is -0.147 e. The first-order valence-corrected chi connectivity index (χ1v) is 5.29. The number of allylic oxidation sites excluding steroid dienone is 4. The molecule has 1 aliphatic rings.